The van der Waals surface area contributed by atoms with Crippen LogP contribution in [-0.2, 0) is 0 Å². The Kier molecular flexibility index (Phi) is 13.3. The van der Waals surface area contributed by atoms with Gasteiger partial charge < -0.3 is 9.80 Å². The lowest BCUT2D eigenvalue weighted by molar-refractivity contribution is 0.575. The van der Waals surface area contributed by atoms with E-state index < -0.39 is 0 Å². The molecule has 0 aliphatic rings. The monoisotopic (exact) mass is 386 g/mol. The largest absolute Gasteiger partial charge is 0.376 e. The second-order valence-corrected chi connectivity index (χ2v) is 8.22. The van der Waals surface area contributed by atoms with Gasteiger partial charge in [0.15, 0.2) is 0 Å². The van der Waals surface area contributed by atoms with E-state index in [1.807, 2.05) is 6.07 Å². The number of hydrogen-bond acceptors (Lipinski definition) is 2. The van der Waals surface area contributed by atoms with Gasteiger partial charge in [-0.1, -0.05) is 78.1 Å². The molecule has 0 unspecified atom stereocenters. The van der Waals surface area contributed by atoms with Crippen LogP contribution in [0.4, 0.5) is 17.1 Å². The highest BCUT2D eigenvalue weighted by atomic mass is 15.2. The molecule has 0 amide bonds. The molecule has 0 aromatic heterocycles. The van der Waals surface area contributed by atoms with Crippen LogP contribution in [0.25, 0.3) is 4.85 Å². The number of nitrogens with zero attached hydrogens (tertiary/aromatic N) is 3. The van der Waals surface area contributed by atoms with Crippen molar-refractivity contribution < 1.29 is 0 Å². The predicted molar refractivity (Wildman–Crippen MR) is 128 cm³/mol. The van der Waals surface area contributed by atoms with Gasteiger partial charge in [0.2, 0.25) is 0 Å². The average molecular weight is 387 g/mol. The first kappa shape index (κ1) is 24.3. The van der Waals surface area contributed by atoms with Crippen molar-refractivity contribution in [2.75, 3.05) is 37.0 Å². The fourth-order valence-corrected chi connectivity index (χ4v) is 3.74. The van der Waals surface area contributed by atoms with Gasteiger partial charge in [-0.2, -0.15) is 0 Å². The van der Waals surface area contributed by atoms with Gasteiger partial charge in [0.25, 0.3) is 6.57 Å². The van der Waals surface area contributed by atoms with E-state index >= 15 is 0 Å². The molecule has 0 aliphatic heterocycles. The minimum atomic E-state index is 0.858. The SMILES string of the molecule is C#[N+]c1ccc(N(C)C)c(N(CCCCCCCC)CCCCCCCC)c1. The summed E-state index contributed by atoms with van der Waals surface area (Å²) in [5, 5.41) is 0. The second kappa shape index (κ2) is 15.3. The Morgan fingerprint density at radius 1 is 0.714 bits per heavy atom. The topological polar surface area (TPSA) is 10.8 Å². The van der Waals surface area contributed by atoms with Crippen molar-refractivity contribution in [3.05, 3.63) is 23.0 Å². The lowest BCUT2D eigenvalue weighted by atomic mass is 10.1. The summed E-state index contributed by atoms with van der Waals surface area (Å²) in [5.74, 6) is 0. The number of unbranched alkanes of at least 4 members (excludes halogenated alkanes) is 10. The van der Waals surface area contributed by atoms with Gasteiger partial charge >= 0.3 is 5.69 Å². The molecule has 0 fully saturated rings. The zero-order valence-electron chi connectivity index (χ0n) is 19.1. The molecule has 0 atom stereocenters. The Morgan fingerprint density at radius 3 is 1.68 bits per heavy atom. The van der Waals surface area contributed by atoms with Crippen molar-refractivity contribution in [3.63, 3.8) is 0 Å². The molecule has 3 heteroatoms. The quantitative estimate of drug-likeness (QED) is 0.268. The zero-order valence-corrected chi connectivity index (χ0v) is 19.1. The lowest BCUT2D eigenvalue weighted by Crippen LogP contribution is -2.27. The van der Waals surface area contributed by atoms with Crippen LogP contribution < -0.4 is 9.80 Å². The van der Waals surface area contributed by atoms with Gasteiger partial charge in [-0.15, -0.1) is 0 Å². The molecule has 0 N–H and O–H groups in total. The lowest BCUT2D eigenvalue weighted by Gasteiger charge is -2.29. The molecule has 0 aliphatic carbocycles. The molecule has 0 radical (unpaired) electrons. The van der Waals surface area contributed by atoms with Gasteiger partial charge in [0, 0.05) is 33.3 Å². The fourth-order valence-electron chi connectivity index (χ4n) is 3.74. The van der Waals surface area contributed by atoms with E-state index in [-0.39, 0.29) is 0 Å². The summed E-state index contributed by atoms with van der Waals surface area (Å²) in [4.78, 5) is 8.70. The summed E-state index contributed by atoms with van der Waals surface area (Å²) < 4.78 is 0. The minimum absolute atomic E-state index is 0.858. The van der Waals surface area contributed by atoms with Crippen molar-refractivity contribution in [3.8, 4) is 6.57 Å². The van der Waals surface area contributed by atoms with Crippen LogP contribution in [-0.4, -0.2) is 27.2 Å². The Hall–Kier alpha value is -1.69. The summed E-state index contributed by atoms with van der Waals surface area (Å²) in [6.45, 7) is 12.4. The van der Waals surface area contributed by atoms with Crippen LogP contribution in [0.3, 0.4) is 0 Å². The molecule has 0 saturated carbocycles. The molecule has 1 aromatic carbocycles. The summed E-state index contributed by atoms with van der Waals surface area (Å²) in [7, 11) is 4.23. The van der Waals surface area contributed by atoms with Crippen molar-refractivity contribution in [2.45, 2.75) is 90.9 Å². The summed E-state index contributed by atoms with van der Waals surface area (Å²) >= 11 is 0. The summed E-state index contributed by atoms with van der Waals surface area (Å²) in [6.07, 6.45) is 16.0. The Morgan fingerprint density at radius 2 is 1.21 bits per heavy atom. The van der Waals surface area contributed by atoms with Gasteiger partial charge in [-0.25, -0.2) is 0 Å². The standard InChI is InChI=1S/C25H44N3/c1-6-8-10-12-14-16-20-28(21-17-15-13-11-9-7-2)25-22-23(26-3)18-19-24(25)27(4)5/h3,18-19,22H,6-17,20-21H2,1-2,4-5H3/q+1. The smallest absolute Gasteiger partial charge is 0.342 e. The van der Waals surface area contributed by atoms with Crippen molar-refractivity contribution >= 4 is 17.1 Å². The molecule has 0 heterocycles. The molecular weight excluding hydrogens is 342 g/mol. The minimum Gasteiger partial charge on any atom is -0.376 e. The third-order valence-electron chi connectivity index (χ3n) is 5.49. The summed E-state index contributed by atoms with van der Waals surface area (Å²) in [5.41, 5.74) is 3.39. The van der Waals surface area contributed by atoms with Crippen molar-refractivity contribution in [1.29, 1.82) is 0 Å². The maximum Gasteiger partial charge on any atom is 0.342 e. The van der Waals surface area contributed by atoms with E-state index in [0.29, 0.717) is 0 Å². The van der Waals surface area contributed by atoms with Gasteiger partial charge in [-0.05, 0) is 23.8 Å². The van der Waals surface area contributed by atoms with Gasteiger partial charge in [0.1, 0.15) is 0 Å². The molecular formula is C25H44N3+. The maximum atomic E-state index is 5.57. The van der Waals surface area contributed by atoms with Gasteiger partial charge in [0.05, 0.1) is 17.4 Å². The molecule has 0 saturated heterocycles. The molecule has 158 valence electrons. The Balaban J connectivity index is 2.74. The number of benzene rings is 1. The van der Waals surface area contributed by atoms with Crippen molar-refractivity contribution in [2.24, 2.45) is 0 Å². The first-order chi connectivity index (χ1) is 13.6. The van der Waals surface area contributed by atoms with Crippen LogP contribution >= 0.6 is 0 Å². The number of rotatable bonds is 16. The molecule has 1 aromatic rings. The molecule has 28 heavy (non-hydrogen) atoms. The van der Waals surface area contributed by atoms with E-state index in [1.165, 1.54) is 88.4 Å². The molecule has 1 rings (SSSR count). The third-order valence-corrected chi connectivity index (χ3v) is 5.49. The highest BCUT2D eigenvalue weighted by Gasteiger charge is 2.16. The molecule has 0 bridgehead atoms. The van der Waals surface area contributed by atoms with Crippen LogP contribution in [0.15, 0.2) is 18.2 Å². The molecule has 0 spiro atoms. The number of anilines is 2. The van der Waals surface area contributed by atoms with Crippen LogP contribution in [0.5, 0.6) is 0 Å². The van der Waals surface area contributed by atoms with Crippen LogP contribution in [0.1, 0.15) is 90.9 Å². The zero-order chi connectivity index (χ0) is 20.6. The summed E-state index contributed by atoms with van der Waals surface area (Å²) in [6, 6.07) is 6.31. The predicted octanol–water partition coefficient (Wildman–Crippen LogP) is 7.87. The first-order valence-electron chi connectivity index (χ1n) is 11.6. The van der Waals surface area contributed by atoms with E-state index in [2.05, 4.69) is 54.7 Å². The van der Waals surface area contributed by atoms with E-state index in [1.54, 1.807) is 0 Å². The van der Waals surface area contributed by atoms with E-state index in [9.17, 15) is 0 Å². The highest BCUT2D eigenvalue weighted by molar-refractivity contribution is 5.76. The Labute approximate surface area is 174 Å². The van der Waals surface area contributed by atoms with Crippen LogP contribution in [0, 0.1) is 6.57 Å². The average Bonchev–Trinajstić information content (AvgIpc) is 2.70. The van der Waals surface area contributed by atoms with Gasteiger partial charge in [-0.3, -0.25) is 0 Å². The van der Waals surface area contributed by atoms with Crippen molar-refractivity contribution in [1.82, 2.24) is 0 Å². The highest BCUT2D eigenvalue weighted by Crippen LogP contribution is 2.33. The fraction of sp³-hybridized carbons (Fsp3) is 0.720. The maximum absolute atomic E-state index is 5.57. The number of hydrogen-bond donors (Lipinski definition) is 0. The second-order valence-electron chi connectivity index (χ2n) is 8.22. The third kappa shape index (κ3) is 9.49. The first-order valence-corrected chi connectivity index (χ1v) is 11.6. The van der Waals surface area contributed by atoms with Crippen LogP contribution in [0.2, 0.25) is 0 Å². The van der Waals surface area contributed by atoms with E-state index in [4.69, 9.17) is 6.57 Å². The van der Waals surface area contributed by atoms with E-state index in [0.717, 1.165) is 18.8 Å². The Bertz CT molecular complexity index is 543. The molecule has 3 nitrogen and oxygen atoms in total. The normalized spacial score (nSPS) is 10.7.